The summed E-state index contributed by atoms with van der Waals surface area (Å²) >= 11 is 0. The lowest BCUT2D eigenvalue weighted by Crippen LogP contribution is -2.50. The molecule has 3 saturated heterocycles. The number of carbonyl (C=O) groups excluding carboxylic acids is 2. The number of nitrogens with zero attached hydrogens (tertiary/aromatic N) is 2. The van der Waals surface area contributed by atoms with Crippen LogP contribution in [0.25, 0.3) is 0 Å². The molecule has 1 spiro atoms. The summed E-state index contributed by atoms with van der Waals surface area (Å²) in [5.74, 6) is 0.335. The third-order valence-corrected chi connectivity index (χ3v) is 5.74. The van der Waals surface area contributed by atoms with Gasteiger partial charge in [0, 0.05) is 39.1 Å². The summed E-state index contributed by atoms with van der Waals surface area (Å²) in [5.41, 5.74) is -0.257. The quantitative estimate of drug-likeness (QED) is 0.812. The zero-order chi connectivity index (χ0) is 17.3. The smallest absolute Gasteiger partial charge is 0.312 e. The second-order valence-electron chi connectivity index (χ2n) is 7.33. The van der Waals surface area contributed by atoms with Gasteiger partial charge in [-0.2, -0.15) is 0 Å². The predicted octanol–water partition coefficient (Wildman–Crippen LogP) is 0.723. The van der Waals surface area contributed by atoms with Crippen molar-refractivity contribution in [2.75, 3.05) is 45.8 Å². The molecular formula is C18H25N3O4. The number of carbonyl (C=O) groups is 2. The van der Waals surface area contributed by atoms with Crippen LogP contribution in [0.1, 0.15) is 29.8 Å². The van der Waals surface area contributed by atoms with Crippen LogP contribution in [0.4, 0.5) is 0 Å². The normalized spacial score (nSPS) is 26.8. The largest absolute Gasteiger partial charge is 0.461 e. The number of amides is 1. The number of piperidine rings is 1. The molecule has 0 aromatic carbocycles. The molecule has 1 N–H and O–H groups in total. The first-order valence-corrected chi connectivity index (χ1v) is 9.13. The summed E-state index contributed by atoms with van der Waals surface area (Å²) in [6.07, 6.45) is 4.10. The molecule has 136 valence electrons. The van der Waals surface area contributed by atoms with Crippen LogP contribution >= 0.6 is 0 Å². The van der Waals surface area contributed by atoms with Gasteiger partial charge in [0.2, 0.25) is 0 Å². The minimum Gasteiger partial charge on any atom is -0.461 e. The number of hydrogen-bond acceptors (Lipinski definition) is 6. The summed E-state index contributed by atoms with van der Waals surface area (Å²) in [4.78, 5) is 28.8. The summed E-state index contributed by atoms with van der Waals surface area (Å²) in [6.45, 7) is 5.52. The standard InChI is InChI=1S/C18H25N3O4/c22-16(15-2-1-11-24-15)21-9-7-20(8-10-21)13-14-12-18(17(23)25-14)3-5-19-6-4-18/h1-2,11,14,19H,3-10,12-13H2. The molecule has 7 heteroatoms. The van der Waals surface area contributed by atoms with E-state index in [1.54, 1.807) is 12.1 Å². The van der Waals surface area contributed by atoms with Crippen molar-refractivity contribution >= 4 is 11.9 Å². The monoisotopic (exact) mass is 347 g/mol. The Bertz CT molecular complexity index is 616. The second kappa shape index (κ2) is 6.80. The second-order valence-corrected chi connectivity index (χ2v) is 7.33. The molecule has 3 aliphatic heterocycles. The maximum Gasteiger partial charge on any atom is 0.312 e. The van der Waals surface area contributed by atoms with E-state index in [4.69, 9.17) is 9.15 Å². The molecule has 1 amide bonds. The van der Waals surface area contributed by atoms with Crippen LogP contribution in [0.5, 0.6) is 0 Å². The Balaban J connectivity index is 1.28. The van der Waals surface area contributed by atoms with Gasteiger partial charge in [-0.1, -0.05) is 0 Å². The summed E-state index contributed by atoms with van der Waals surface area (Å²) in [6, 6.07) is 3.43. The lowest BCUT2D eigenvalue weighted by atomic mass is 9.76. The van der Waals surface area contributed by atoms with Gasteiger partial charge in [0.15, 0.2) is 5.76 Å². The first-order valence-electron chi connectivity index (χ1n) is 9.13. The van der Waals surface area contributed by atoms with Crippen LogP contribution in [-0.2, 0) is 9.53 Å². The molecule has 25 heavy (non-hydrogen) atoms. The highest BCUT2D eigenvalue weighted by Crippen LogP contribution is 2.41. The molecule has 1 unspecified atom stereocenters. The number of rotatable bonds is 3. The molecular weight excluding hydrogens is 322 g/mol. The van der Waals surface area contributed by atoms with Gasteiger partial charge < -0.3 is 19.4 Å². The zero-order valence-corrected chi connectivity index (χ0v) is 14.4. The third kappa shape index (κ3) is 3.30. The summed E-state index contributed by atoms with van der Waals surface area (Å²) in [7, 11) is 0. The lowest BCUT2D eigenvalue weighted by Gasteiger charge is -2.35. The average molecular weight is 347 g/mol. The van der Waals surface area contributed by atoms with Crippen molar-refractivity contribution in [3.63, 3.8) is 0 Å². The molecule has 1 atom stereocenters. The highest BCUT2D eigenvalue weighted by molar-refractivity contribution is 5.91. The first kappa shape index (κ1) is 16.6. The van der Waals surface area contributed by atoms with E-state index in [1.807, 2.05) is 4.90 Å². The molecule has 1 aromatic heterocycles. The van der Waals surface area contributed by atoms with Crippen molar-refractivity contribution in [3.05, 3.63) is 24.2 Å². The van der Waals surface area contributed by atoms with Gasteiger partial charge in [0.05, 0.1) is 11.7 Å². The van der Waals surface area contributed by atoms with E-state index in [9.17, 15) is 9.59 Å². The highest BCUT2D eigenvalue weighted by Gasteiger charge is 2.49. The van der Waals surface area contributed by atoms with Crippen molar-refractivity contribution in [2.24, 2.45) is 5.41 Å². The van der Waals surface area contributed by atoms with Crippen LogP contribution in [0.3, 0.4) is 0 Å². The molecule has 3 fully saturated rings. The molecule has 1 aromatic rings. The van der Waals surface area contributed by atoms with Crippen molar-refractivity contribution in [1.29, 1.82) is 0 Å². The number of piperazine rings is 1. The molecule has 3 aliphatic rings. The topological polar surface area (TPSA) is 75.0 Å². The number of esters is 1. The van der Waals surface area contributed by atoms with Gasteiger partial charge in [-0.05, 0) is 38.1 Å². The van der Waals surface area contributed by atoms with Gasteiger partial charge in [0.1, 0.15) is 6.10 Å². The summed E-state index contributed by atoms with van der Waals surface area (Å²) < 4.78 is 10.9. The Hall–Kier alpha value is -1.86. The van der Waals surface area contributed by atoms with Gasteiger partial charge >= 0.3 is 5.97 Å². The number of hydrogen-bond donors (Lipinski definition) is 1. The molecule has 0 bridgehead atoms. The minimum absolute atomic E-state index is 0.00867. The van der Waals surface area contributed by atoms with Crippen LogP contribution in [0.2, 0.25) is 0 Å². The van der Waals surface area contributed by atoms with Crippen molar-refractivity contribution in [3.8, 4) is 0 Å². The molecule has 0 saturated carbocycles. The third-order valence-electron chi connectivity index (χ3n) is 5.74. The zero-order valence-electron chi connectivity index (χ0n) is 14.4. The van der Waals surface area contributed by atoms with E-state index >= 15 is 0 Å². The number of nitrogens with one attached hydrogen (secondary N) is 1. The van der Waals surface area contributed by atoms with Crippen molar-refractivity contribution in [2.45, 2.75) is 25.4 Å². The fraction of sp³-hybridized carbons (Fsp3) is 0.667. The van der Waals surface area contributed by atoms with Crippen LogP contribution in [-0.4, -0.2) is 73.6 Å². The molecule has 4 heterocycles. The first-order chi connectivity index (χ1) is 12.2. The summed E-state index contributed by atoms with van der Waals surface area (Å²) in [5, 5.41) is 3.32. The number of furan rings is 1. The Morgan fingerprint density at radius 1 is 1.24 bits per heavy atom. The van der Waals surface area contributed by atoms with E-state index in [0.29, 0.717) is 18.8 Å². The Kier molecular flexibility index (Phi) is 4.52. The van der Waals surface area contributed by atoms with E-state index in [0.717, 1.165) is 52.0 Å². The molecule has 0 aliphatic carbocycles. The van der Waals surface area contributed by atoms with Gasteiger partial charge in [-0.15, -0.1) is 0 Å². The minimum atomic E-state index is -0.257. The number of cyclic esters (lactones) is 1. The van der Waals surface area contributed by atoms with E-state index in [-0.39, 0.29) is 23.4 Å². The molecule has 0 radical (unpaired) electrons. The van der Waals surface area contributed by atoms with Crippen LogP contribution in [0, 0.1) is 5.41 Å². The Labute approximate surface area is 147 Å². The van der Waals surface area contributed by atoms with E-state index in [2.05, 4.69) is 10.2 Å². The maximum absolute atomic E-state index is 12.3. The molecule has 4 rings (SSSR count). The van der Waals surface area contributed by atoms with Crippen LogP contribution in [0.15, 0.2) is 22.8 Å². The Morgan fingerprint density at radius 3 is 2.68 bits per heavy atom. The van der Waals surface area contributed by atoms with E-state index in [1.165, 1.54) is 6.26 Å². The number of ether oxygens (including phenoxy) is 1. The van der Waals surface area contributed by atoms with Gasteiger partial charge in [-0.25, -0.2) is 0 Å². The highest BCUT2D eigenvalue weighted by atomic mass is 16.6. The van der Waals surface area contributed by atoms with Crippen molar-refractivity contribution < 1.29 is 18.7 Å². The predicted molar refractivity (Wildman–Crippen MR) is 90.1 cm³/mol. The van der Waals surface area contributed by atoms with Crippen molar-refractivity contribution in [1.82, 2.24) is 15.1 Å². The van der Waals surface area contributed by atoms with Crippen LogP contribution < -0.4 is 5.32 Å². The SMILES string of the molecule is O=C(c1ccco1)N1CCN(CC2CC3(CCNCC3)C(=O)O2)CC1. The van der Waals surface area contributed by atoms with E-state index < -0.39 is 0 Å². The fourth-order valence-electron chi connectivity index (χ4n) is 4.23. The lowest BCUT2D eigenvalue weighted by molar-refractivity contribution is -0.150. The fourth-order valence-corrected chi connectivity index (χ4v) is 4.23. The average Bonchev–Trinajstić information content (AvgIpc) is 3.25. The van der Waals surface area contributed by atoms with Gasteiger partial charge in [-0.3, -0.25) is 14.5 Å². The van der Waals surface area contributed by atoms with Gasteiger partial charge in [0.25, 0.3) is 5.91 Å². The molecule has 7 nitrogen and oxygen atoms in total. The maximum atomic E-state index is 12.3. The Morgan fingerprint density at radius 2 is 2.00 bits per heavy atom.